The lowest BCUT2D eigenvalue weighted by molar-refractivity contribution is 0.571. The highest BCUT2D eigenvalue weighted by Gasteiger charge is 1.99. The first-order valence-corrected chi connectivity index (χ1v) is 5.36. The highest BCUT2D eigenvalue weighted by atomic mass is 32.2. The van der Waals surface area contributed by atoms with Gasteiger partial charge < -0.3 is 4.55 Å². The van der Waals surface area contributed by atoms with E-state index in [9.17, 15) is 4.21 Å². The Balaban J connectivity index is 2.46. The van der Waals surface area contributed by atoms with Crippen molar-refractivity contribution in [2.24, 2.45) is 0 Å². The Morgan fingerprint density at radius 3 is 2.50 bits per heavy atom. The van der Waals surface area contributed by atoms with E-state index < -0.39 is 11.1 Å². The maximum atomic E-state index is 10.6. The topological polar surface area (TPSA) is 37.3 Å². The van der Waals surface area contributed by atoms with Crippen LogP contribution in [-0.2, 0) is 11.1 Å². The van der Waals surface area contributed by atoms with Crippen molar-refractivity contribution in [2.75, 3.05) is 0 Å². The lowest BCUT2D eigenvalue weighted by Crippen LogP contribution is -1.89. The fraction of sp³-hybridized carbons (Fsp3) is 0. The van der Waals surface area contributed by atoms with E-state index in [1.54, 1.807) is 0 Å². The monoisotopic (exact) mass is 205 g/mol. The smallest absolute Gasteiger partial charge is 0.162 e. The predicted molar refractivity (Wildman–Crippen MR) is 58.1 cm³/mol. The number of rotatable bonds is 2. The minimum Gasteiger partial charge on any atom is -0.306 e. The van der Waals surface area contributed by atoms with Crippen LogP contribution in [-0.4, -0.2) is 8.76 Å². The van der Waals surface area contributed by atoms with E-state index in [0.29, 0.717) is 0 Å². The van der Waals surface area contributed by atoms with Crippen molar-refractivity contribution < 1.29 is 8.76 Å². The van der Waals surface area contributed by atoms with Crippen LogP contribution >= 0.6 is 0 Å². The summed E-state index contributed by atoms with van der Waals surface area (Å²) in [6.45, 7) is 0. The third-order valence-electron chi connectivity index (χ3n) is 2.01. The molecule has 0 bridgehead atoms. The molecule has 1 unspecified atom stereocenters. The molecule has 1 N–H and O–H groups in total. The van der Waals surface area contributed by atoms with Gasteiger partial charge in [-0.2, -0.15) is 0 Å². The fourth-order valence-electron chi connectivity index (χ4n) is 1.40. The largest absolute Gasteiger partial charge is 0.306 e. The number of hydrogen-bond acceptors (Lipinski definition) is 1. The van der Waals surface area contributed by atoms with Crippen molar-refractivity contribution in [3.05, 3.63) is 53.8 Å². The first-order chi connectivity index (χ1) is 6.75. The lowest BCUT2D eigenvalue weighted by Gasteiger charge is -2.00. The highest BCUT2D eigenvalue weighted by molar-refractivity contribution is 7.81. The Morgan fingerprint density at radius 2 is 1.79 bits per heavy atom. The van der Waals surface area contributed by atoms with E-state index in [1.807, 2.05) is 42.5 Å². The summed E-state index contributed by atoms with van der Waals surface area (Å²) in [4.78, 5) is 0. The molecule has 0 aliphatic carbocycles. The van der Waals surface area contributed by atoms with E-state index in [4.69, 9.17) is 4.55 Å². The molecule has 2 aromatic carbocycles. The second-order valence-corrected chi connectivity index (χ2v) is 3.79. The van der Waals surface area contributed by atoms with Gasteiger partial charge in [0.2, 0.25) is 0 Å². The molecular weight excluding hydrogens is 196 g/mol. The van der Waals surface area contributed by atoms with E-state index >= 15 is 0 Å². The molecule has 2 rings (SSSR count). The molecule has 0 aliphatic rings. The van der Waals surface area contributed by atoms with Crippen molar-refractivity contribution in [1.82, 2.24) is 0 Å². The van der Waals surface area contributed by atoms with Gasteiger partial charge in [0, 0.05) is 0 Å². The van der Waals surface area contributed by atoms with Crippen molar-refractivity contribution in [2.45, 2.75) is 0 Å². The molecular formula is C11H9O2S. The predicted octanol–water partition coefficient (Wildman–Crippen LogP) is 2.57. The third-order valence-corrected chi connectivity index (χ3v) is 2.48. The molecule has 0 saturated heterocycles. The van der Waals surface area contributed by atoms with Gasteiger partial charge in [0.15, 0.2) is 11.1 Å². The summed E-state index contributed by atoms with van der Waals surface area (Å²) in [7, 11) is 0. The SMILES string of the molecule is O=S(O)[CH]c1ccc2ccccc2c1. The van der Waals surface area contributed by atoms with Crippen LogP contribution in [0.5, 0.6) is 0 Å². The van der Waals surface area contributed by atoms with Crippen molar-refractivity contribution >= 4 is 21.9 Å². The Hall–Kier alpha value is -1.19. The molecule has 1 radical (unpaired) electrons. The first kappa shape index (κ1) is 9.37. The summed E-state index contributed by atoms with van der Waals surface area (Å²) in [6, 6.07) is 13.6. The van der Waals surface area contributed by atoms with Crippen LogP contribution in [0.4, 0.5) is 0 Å². The summed E-state index contributed by atoms with van der Waals surface area (Å²) in [5.41, 5.74) is 0.768. The van der Waals surface area contributed by atoms with E-state index in [0.717, 1.165) is 16.3 Å². The van der Waals surface area contributed by atoms with Gasteiger partial charge in [-0.3, -0.25) is 0 Å². The summed E-state index contributed by atoms with van der Waals surface area (Å²) >= 11 is -1.88. The number of benzene rings is 2. The summed E-state index contributed by atoms with van der Waals surface area (Å²) in [5, 5.41) is 2.21. The maximum absolute atomic E-state index is 10.6. The standard InChI is InChI=1S/C11H9O2S/c12-14(13)8-9-5-6-10-3-1-2-4-11(10)7-9/h1-8H,(H,12,13). The summed E-state index contributed by atoms with van der Waals surface area (Å²) < 4.78 is 19.3. The molecule has 1 atom stereocenters. The van der Waals surface area contributed by atoms with E-state index in [1.165, 1.54) is 5.75 Å². The van der Waals surface area contributed by atoms with Gasteiger partial charge in [0.05, 0.1) is 0 Å². The Morgan fingerprint density at radius 1 is 1.07 bits per heavy atom. The molecule has 0 saturated carbocycles. The van der Waals surface area contributed by atoms with Gasteiger partial charge in [-0.05, 0) is 22.4 Å². The Kier molecular flexibility index (Phi) is 2.61. The molecule has 2 aromatic rings. The zero-order chi connectivity index (χ0) is 9.97. The van der Waals surface area contributed by atoms with Crippen LogP contribution < -0.4 is 0 Å². The molecule has 0 fully saturated rings. The highest BCUT2D eigenvalue weighted by Crippen LogP contribution is 2.16. The van der Waals surface area contributed by atoms with Crippen LogP contribution in [0.1, 0.15) is 5.56 Å². The second kappa shape index (κ2) is 3.90. The van der Waals surface area contributed by atoms with Crippen molar-refractivity contribution in [1.29, 1.82) is 0 Å². The Labute approximate surface area is 84.9 Å². The molecule has 71 valence electrons. The quantitative estimate of drug-likeness (QED) is 0.765. The number of fused-ring (bicyclic) bond motifs is 1. The van der Waals surface area contributed by atoms with Crippen LogP contribution in [0.3, 0.4) is 0 Å². The van der Waals surface area contributed by atoms with E-state index in [-0.39, 0.29) is 0 Å². The molecule has 0 heterocycles. The van der Waals surface area contributed by atoms with Crippen molar-refractivity contribution in [3.8, 4) is 0 Å². The Bertz CT molecular complexity index is 479. The second-order valence-electron chi connectivity index (χ2n) is 3.00. The molecule has 0 aliphatic heterocycles. The zero-order valence-electron chi connectivity index (χ0n) is 7.38. The van der Waals surface area contributed by atoms with Crippen LogP contribution in [0.25, 0.3) is 10.8 Å². The van der Waals surface area contributed by atoms with Gasteiger partial charge in [-0.1, -0.05) is 36.4 Å². The molecule has 14 heavy (non-hydrogen) atoms. The first-order valence-electron chi connectivity index (χ1n) is 4.19. The van der Waals surface area contributed by atoms with E-state index in [2.05, 4.69) is 0 Å². The average molecular weight is 205 g/mol. The van der Waals surface area contributed by atoms with Crippen LogP contribution in [0.2, 0.25) is 0 Å². The number of hydrogen-bond donors (Lipinski definition) is 1. The van der Waals surface area contributed by atoms with Gasteiger partial charge in [-0.15, -0.1) is 0 Å². The molecule has 0 amide bonds. The third kappa shape index (κ3) is 2.00. The van der Waals surface area contributed by atoms with Gasteiger partial charge in [-0.25, -0.2) is 4.21 Å². The minimum atomic E-state index is -1.88. The van der Waals surface area contributed by atoms with Gasteiger partial charge in [0.1, 0.15) is 5.75 Å². The lowest BCUT2D eigenvalue weighted by atomic mass is 10.1. The zero-order valence-corrected chi connectivity index (χ0v) is 8.20. The average Bonchev–Trinajstić information content (AvgIpc) is 2.17. The minimum absolute atomic E-state index is 0.768. The van der Waals surface area contributed by atoms with Crippen molar-refractivity contribution in [3.63, 3.8) is 0 Å². The molecule has 2 nitrogen and oxygen atoms in total. The normalized spacial score (nSPS) is 12.9. The summed E-state index contributed by atoms with van der Waals surface area (Å²) in [5.74, 6) is 1.31. The van der Waals surface area contributed by atoms with Crippen LogP contribution in [0.15, 0.2) is 42.5 Å². The van der Waals surface area contributed by atoms with Gasteiger partial charge in [0.25, 0.3) is 0 Å². The molecule has 0 aromatic heterocycles. The fourth-order valence-corrected chi connectivity index (χ4v) is 1.78. The van der Waals surface area contributed by atoms with Crippen LogP contribution in [0, 0.1) is 5.75 Å². The molecule has 3 heteroatoms. The maximum Gasteiger partial charge on any atom is 0.162 e. The molecule has 0 spiro atoms. The van der Waals surface area contributed by atoms with Gasteiger partial charge >= 0.3 is 0 Å². The summed E-state index contributed by atoms with van der Waals surface area (Å²) in [6.07, 6.45) is 0.